The summed E-state index contributed by atoms with van der Waals surface area (Å²) in [6.07, 6.45) is 5.14. The molecule has 4 aliphatic rings. The Hall–Kier alpha value is -1.16. The van der Waals surface area contributed by atoms with Gasteiger partial charge in [0.15, 0.2) is 5.60 Å². The quantitative estimate of drug-likeness (QED) is 0.181. The molecule has 0 N–H and O–H groups in total. The maximum absolute atomic E-state index is 14.1. The van der Waals surface area contributed by atoms with Gasteiger partial charge in [-0.1, -0.05) is 46.8 Å². The normalized spacial score (nSPS) is 38.0. The van der Waals surface area contributed by atoms with Crippen LogP contribution in [-0.2, 0) is 28.3 Å². The van der Waals surface area contributed by atoms with Gasteiger partial charge in [-0.2, -0.15) is 0 Å². The first-order valence-corrected chi connectivity index (χ1v) is 15.6. The van der Waals surface area contributed by atoms with Gasteiger partial charge in [-0.15, -0.1) is 6.58 Å². The first-order chi connectivity index (χ1) is 15.0. The molecule has 6 atom stereocenters. The van der Waals surface area contributed by atoms with E-state index in [1.807, 2.05) is 39.1 Å². The molecular formula is C25H37IO6Si. The molecule has 2 fully saturated rings. The summed E-state index contributed by atoms with van der Waals surface area (Å²) in [6.45, 7) is 19.9. The van der Waals surface area contributed by atoms with E-state index < -0.39 is 36.6 Å². The zero-order chi connectivity index (χ0) is 25.2. The minimum atomic E-state index is -2.44. The van der Waals surface area contributed by atoms with Crippen molar-refractivity contribution in [2.75, 3.05) is 6.61 Å². The molecule has 0 unspecified atom stereocenters. The number of allylic oxidation sites excluding steroid dienone is 1. The zero-order valence-corrected chi connectivity index (χ0v) is 24.2. The molecule has 0 amide bonds. The molecule has 2 aliphatic heterocycles. The van der Waals surface area contributed by atoms with Gasteiger partial charge in [-0.05, 0) is 53.6 Å². The average Bonchev–Trinajstić information content (AvgIpc) is 2.67. The Kier molecular flexibility index (Phi) is 6.58. The highest BCUT2D eigenvalue weighted by Crippen LogP contribution is 2.67. The Morgan fingerprint density at radius 1 is 1.33 bits per heavy atom. The van der Waals surface area contributed by atoms with Crippen LogP contribution in [-0.4, -0.2) is 38.4 Å². The van der Waals surface area contributed by atoms with Crippen LogP contribution in [0.4, 0.5) is 0 Å². The van der Waals surface area contributed by atoms with Gasteiger partial charge >= 0.3 is 17.9 Å². The lowest BCUT2D eigenvalue weighted by molar-refractivity contribution is -0.239. The third kappa shape index (κ3) is 3.92. The monoisotopic (exact) mass is 588 g/mol. The largest absolute Gasteiger partial charge is 0.519 e. The summed E-state index contributed by atoms with van der Waals surface area (Å²) in [5, 5.41) is -0.160. The van der Waals surface area contributed by atoms with Crippen LogP contribution in [0.2, 0.25) is 18.1 Å². The van der Waals surface area contributed by atoms with Crippen molar-refractivity contribution in [3.05, 3.63) is 22.3 Å². The maximum atomic E-state index is 14.1. The molecule has 8 heteroatoms. The minimum absolute atomic E-state index is 0.101. The molecular weight excluding hydrogens is 551 g/mol. The summed E-state index contributed by atoms with van der Waals surface area (Å²) in [7, 11) is -2.44. The zero-order valence-electron chi connectivity index (χ0n) is 21.0. The summed E-state index contributed by atoms with van der Waals surface area (Å²) >= 11 is 2.22. The Morgan fingerprint density at radius 2 is 1.94 bits per heavy atom. The lowest BCUT2D eigenvalue weighted by Gasteiger charge is -2.64. The van der Waals surface area contributed by atoms with Crippen LogP contribution in [0.1, 0.15) is 54.4 Å². The first-order valence-electron chi connectivity index (χ1n) is 11.6. The molecule has 33 heavy (non-hydrogen) atoms. The first kappa shape index (κ1) is 26.4. The summed E-state index contributed by atoms with van der Waals surface area (Å²) < 4.78 is 18.9. The lowest BCUT2D eigenvalue weighted by Crippen LogP contribution is -2.72. The van der Waals surface area contributed by atoms with Crippen molar-refractivity contribution in [1.29, 1.82) is 0 Å². The second kappa shape index (κ2) is 8.21. The Bertz CT molecular complexity index is 920. The second-order valence-electron chi connectivity index (χ2n) is 11.9. The van der Waals surface area contributed by atoms with E-state index in [4.69, 9.17) is 13.9 Å². The van der Waals surface area contributed by atoms with Gasteiger partial charge in [-0.3, -0.25) is 14.4 Å². The van der Waals surface area contributed by atoms with Gasteiger partial charge in [0, 0.05) is 27.3 Å². The highest BCUT2D eigenvalue weighted by atomic mass is 127. The van der Waals surface area contributed by atoms with Gasteiger partial charge in [0.1, 0.15) is 5.92 Å². The van der Waals surface area contributed by atoms with Gasteiger partial charge in [0.25, 0.3) is 8.32 Å². The fourth-order valence-electron chi connectivity index (χ4n) is 5.63. The van der Waals surface area contributed by atoms with E-state index in [0.717, 1.165) is 3.58 Å². The number of halogens is 1. The number of fused-ring (bicyclic) bond motifs is 1. The van der Waals surface area contributed by atoms with Crippen LogP contribution in [0.3, 0.4) is 0 Å². The van der Waals surface area contributed by atoms with Crippen molar-refractivity contribution < 1.29 is 28.3 Å². The third-order valence-corrected chi connectivity index (χ3v) is 14.3. The van der Waals surface area contributed by atoms with Crippen LogP contribution < -0.4 is 0 Å². The number of hydrogen-bond donors (Lipinski definition) is 0. The molecule has 0 aromatic rings. The van der Waals surface area contributed by atoms with E-state index >= 15 is 0 Å². The van der Waals surface area contributed by atoms with Crippen LogP contribution in [0.15, 0.2) is 22.3 Å². The predicted molar refractivity (Wildman–Crippen MR) is 137 cm³/mol. The fourth-order valence-corrected chi connectivity index (χ4v) is 7.72. The summed E-state index contributed by atoms with van der Waals surface area (Å²) in [6, 6.07) is 0. The highest BCUT2D eigenvalue weighted by molar-refractivity contribution is 14.1. The molecule has 1 spiro atoms. The van der Waals surface area contributed by atoms with Crippen LogP contribution >= 0.6 is 22.6 Å². The van der Waals surface area contributed by atoms with Crippen molar-refractivity contribution >= 4 is 48.8 Å². The van der Waals surface area contributed by atoms with E-state index in [1.165, 1.54) is 6.92 Å². The summed E-state index contributed by atoms with van der Waals surface area (Å²) in [5.41, 5.74) is -2.46. The van der Waals surface area contributed by atoms with Gasteiger partial charge in [-0.25, -0.2) is 0 Å². The maximum Gasteiger partial charge on any atom is 0.314 e. The van der Waals surface area contributed by atoms with Crippen molar-refractivity contribution in [2.24, 2.45) is 28.6 Å². The fraction of sp³-hybridized carbons (Fsp3) is 0.720. The van der Waals surface area contributed by atoms with Crippen molar-refractivity contribution in [2.45, 2.75) is 78.1 Å². The number of hydrogen-bond acceptors (Lipinski definition) is 6. The SMILES string of the molecule is C=C[C@@]1(C)CC[C@H]2[C@@](C)(COC(C)=O)[C@@H]3C=C(I)[C@]2(OC3=O)[C@H]1C(=O)O[Si](C)(C)C(C)(C)C. The highest BCUT2D eigenvalue weighted by Gasteiger charge is 2.73. The van der Waals surface area contributed by atoms with Gasteiger partial charge < -0.3 is 13.9 Å². The van der Waals surface area contributed by atoms with Crippen molar-refractivity contribution in [1.82, 2.24) is 0 Å². The predicted octanol–water partition coefficient (Wildman–Crippen LogP) is 5.57. The number of carbonyl (C=O) groups excluding carboxylic acids is 3. The molecule has 2 bridgehead atoms. The molecule has 1 saturated carbocycles. The van der Waals surface area contributed by atoms with Crippen LogP contribution in [0.25, 0.3) is 0 Å². The van der Waals surface area contributed by atoms with Crippen LogP contribution in [0.5, 0.6) is 0 Å². The van der Waals surface area contributed by atoms with Gasteiger partial charge in [0.2, 0.25) is 0 Å². The average molecular weight is 589 g/mol. The number of carbonyl (C=O) groups is 3. The molecule has 2 aliphatic carbocycles. The number of rotatable bonds is 5. The Balaban J connectivity index is 2.17. The molecule has 0 aromatic carbocycles. The van der Waals surface area contributed by atoms with Crippen molar-refractivity contribution in [3.63, 3.8) is 0 Å². The smallest absolute Gasteiger partial charge is 0.314 e. The molecule has 2 heterocycles. The topological polar surface area (TPSA) is 78.9 Å². The summed E-state index contributed by atoms with van der Waals surface area (Å²) in [5.74, 6) is -2.55. The van der Waals surface area contributed by atoms with E-state index in [-0.39, 0.29) is 35.5 Å². The van der Waals surface area contributed by atoms with E-state index in [9.17, 15) is 14.4 Å². The molecule has 4 rings (SSSR count). The molecule has 184 valence electrons. The summed E-state index contributed by atoms with van der Waals surface area (Å²) in [4.78, 5) is 39.0. The molecule has 6 nitrogen and oxygen atoms in total. The molecule has 1 saturated heterocycles. The van der Waals surface area contributed by atoms with E-state index in [1.54, 1.807) is 0 Å². The number of esters is 2. The van der Waals surface area contributed by atoms with Crippen molar-refractivity contribution in [3.8, 4) is 0 Å². The van der Waals surface area contributed by atoms with E-state index in [2.05, 4.69) is 49.9 Å². The Morgan fingerprint density at radius 3 is 2.45 bits per heavy atom. The third-order valence-electron chi connectivity index (χ3n) is 8.74. The standard InChI is InChI=1S/C25H37IO6Si/c1-10-23(6)12-11-17-24(7,14-30-15(2)27)16-13-18(26)25(17,31-20(16)28)19(23)21(29)32-33(8,9)22(3,4)5/h10,13,16-17,19H,1,11-12,14H2,2-9H3/t16-,17+,19+,23+,24+,25+/m1/s1. The van der Waals surface area contributed by atoms with E-state index in [0.29, 0.717) is 12.8 Å². The number of ether oxygens (including phenoxy) is 2. The lowest BCUT2D eigenvalue weighted by atomic mass is 9.46. The van der Waals surface area contributed by atoms with Crippen LogP contribution in [0, 0.1) is 28.6 Å². The van der Waals surface area contributed by atoms with Gasteiger partial charge in [0.05, 0.1) is 12.5 Å². The second-order valence-corrected chi connectivity index (χ2v) is 17.8. The molecule has 0 aromatic heterocycles. The minimum Gasteiger partial charge on any atom is -0.519 e. The Labute approximate surface area is 212 Å². The molecule has 0 radical (unpaired) electrons.